The summed E-state index contributed by atoms with van der Waals surface area (Å²) in [7, 11) is 0. The minimum atomic E-state index is -4.51. The van der Waals surface area contributed by atoms with Crippen molar-refractivity contribution >= 4 is 17.6 Å². The Morgan fingerprint density at radius 3 is 2.19 bits per heavy atom. The molecule has 0 aromatic heterocycles. The molecule has 1 saturated carbocycles. The topological polar surface area (TPSA) is 78.5 Å². The van der Waals surface area contributed by atoms with E-state index in [4.69, 9.17) is 0 Å². The Morgan fingerprint density at radius 2 is 1.52 bits per heavy atom. The Balaban J connectivity index is 1.52. The Hall–Kier alpha value is -3.98. The first-order chi connectivity index (χ1) is 20.1. The van der Waals surface area contributed by atoms with Gasteiger partial charge in [-0.1, -0.05) is 68.4 Å². The zero-order chi connectivity index (χ0) is 30.3. The number of benzene rings is 3. The van der Waals surface area contributed by atoms with Crippen LogP contribution in [0.15, 0.2) is 78.9 Å². The highest BCUT2D eigenvalue weighted by Gasteiger charge is 2.60. The van der Waals surface area contributed by atoms with Crippen molar-refractivity contribution in [1.29, 1.82) is 0 Å². The highest BCUT2D eigenvalue weighted by Crippen LogP contribution is 2.52. The van der Waals surface area contributed by atoms with Crippen LogP contribution in [0.5, 0.6) is 0 Å². The van der Waals surface area contributed by atoms with E-state index in [-0.39, 0.29) is 41.8 Å². The summed E-state index contributed by atoms with van der Waals surface area (Å²) >= 11 is 0. The van der Waals surface area contributed by atoms with Crippen molar-refractivity contribution in [3.05, 3.63) is 107 Å². The third-order valence-corrected chi connectivity index (χ3v) is 7.57. The Labute approximate surface area is 244 Å². The van der Waals surface area contributed by atoms with Crippen molar-refractivity contribution in [3.63, 3.8) is 0 Å². The third-order valence-electron chi connectivity index (χ3n) is 7.57. The van der Waals surface area contributed by atoms with E-state index < -0.39 is 23.2 Å². The fourth-order valence-corrected chi connectivity index (χ4v) is 5.39. The van der Waals surface area contributed by atoms with Crippen molar-refractivity contribution < 1.29 is 27.6 Å². The number of halogens is 3. The molecule has 4 rings (SSSR count). The number of hydrogen-bond donors (Lipinski definition) is 2. The van der Waals surface area contributed by atoms with E-state index in [1.165, 1.54) is 18.2 Å². The summed E-state index contributed by atoms with van der Waals surface area (Å²) in [5, 5.41) is 5.78. The van der Waals surface area contributed by atoms with Gasteiger partial charge in [-0.05, 0) is 54.7 Å². The summed E-state index contributed by atoms with van der Waals surface area (Å²) < 4.78 is 40.2. The quantitative estimate of drug-likeness (QED) is 0.261. The van der Waals surface area contributed by atoms with E-state index >= 15 is 0 Å². The lowest BCUT2D eigenvalue weighted by Crippen LogP contribution is -2.48. The number of hydrogen-bond acceptors (Lipinski definition) is 4. The molecule has 0 heterocycles. The van der Waals surface area contributed by atoms with Crippen LogP contribution in [0.25, 0.3) is 0 Å². The number of rotatable bonds is 13. The first kappa shape index (κ1) is 31.0. The molecule has 222 valence electrons. The van der Waals surface area contributed by atoms with Crippen molar-refractivity contribution in [3.8, 4) is 0 Å². The predicted octanol–water partition coefficient (Wildman–Crippen LogP) is 5.98. The van der Waals surface area contributed by atoms with E-state index in [1.807, 2.05) is 44.2 Å². The fraction of sp³-hybridized carbons (Fsp3) is 0.364. The third kappa shape index (κ3) is 7.07. The minimum absolute atomic E-state index is 0.0352. The molecule has 0 bridgehead atoms. The minimum Gasteiger partial charge on any atom is -0.339 e. The number of nitrogens with zero attached hydrogens (tertiary/aromatic N) is 1. The largest absolute Gasteiger partial charge is 0.416 e. The Kier molecular flexibility index (Phi) is 9.83. The monoisotopic (exact) mass is 579 g/mol. The highest BCUT2D eigenvalue weighted by molar-refractivity contribution is 6.04. The molecule has 0 spiro atoms. The average molecular weight is 580 g/mol. The number of alkyl halides is 3. The van der Waals surface area contributed by atoms with Gasteiger partial charge >= 0.3 is 6.18 Å². The van der Waals surface area contributed by atoms with Gasteiger partial charge in [0, 0.05) is 36.7 Å². The molecular formula is C33H36F3N3O3. The maximum absolute atomic E-state index is 13.6. The van der Waals surface area contributed by atoms with Gasteiger partial charge in [0.2, 0.25) is 0 Å². The van der Waals surface area contributed by atoms with Crippen molar-refractivity contribution in [1.82, 2.24) is 15.5 Å². The molecule has 0 radical (unpaired) electrons. The molecule has 1 aliphatic carbocycles. The zero-order valence-corrected chi connectivity index (χ0v) is 23.8. The second-order valence-corrected chi connectivity index (χ2v) is 10.6. The molecule has 2 unspecified atom stereocenters. The van der Waals surface area contributed by atoms with Gasteiger partial charge in [-0.3, -0.25) is 14.4 Å². The molecule has 2 N–H and O–H groups in total. The lowest BCUT2D eigenvalue weighted by Gasteiger charge is -2.22. The van der Waals surface area contributed by atoms with E-state index in [0.29, 0.717) is 25.1 Å². The van der Waals surface area contributed by atoms with Crippen LogP contribution in [0.1, 0.15) is 76.4 Å². The van der Waals surface area contributed by atoms with Gasteiger partial charge < -0.3 is 15.5 Å². The van der Waals surface area contributed by atoms with Crippen LogP contribution in [0, 0.1) is 0 Å². The number of carbonyl (C=O) groups excluding carboxylic acids is 3. The Morgan fingerprint density at radius 1 is 0.881 bits per heavy atom. The molecular weight excluding hydrogens is 543 g/mol. The van der Waals surface area contributed by atoms with E-state index in [0.717, 1.165) is 24.5 Å². The highest BCUT2D eigenvalue weighted by atomic mass is 19.4. The van der Waals surface area contributed by atoms with Crippen LogP contribution in [0.4, 0.5) is 13.2 Å². The van der Waals surface area contributed by atoms with Gasteiger partial charge in [0.05, 0.1) is 12.1 Å². The average Bonchev–Trinajstić information content (AvgIpc) is 3.72. The maximum Gasteiger partial charge on any atom is 0.416 e. The van der Waals surface area contributed by atoms with Crippen molar-refractivity contribution in [2.24, 2.45) is 0 Å². The summed E-state index contributed by atoms with van der Waals surface area (Å²) in [6, 6.07) is 21.0. The number of amides is 2. The molecule has 6 nitrogen and oxygen atoms in total. The summed E-state index contributed by atoms with van der Waals surface area (Å²) in [5.74, 6) is -1.25. The van der Waals surface area contributed by atoms with Crippen LogP contribution < -0.4 is 10.6 Å². The molecule has 3 aromatic rings. The number of ketones is 1. The summed E-state index contributed by atoms with van der Waals surface area (Å²) in [4.78, 5) is 42.0. The lowest BCUT2D eigenvalue weighted by atomic mass is 10.0. The van der Waals surface area contributed by atoms with Gasteiger partial charge in [0.1, 0.15) is 5.54 Å². The molecule has 3 aromatic carbocycles. The first-order valence-electron chi connectivity index (χ1n) is 14.3. The van der Waals surface area contributed by atoms with E-state index in [1.54, 1.807) is 29.2 Å². The van der Waals surface area contributed by atoms with Gasteiger partial charge in [-0.25, -0.2) is 0 Å². The van der Waals surface area contributed by atoms with Crippen molar-refractivity contribution in [2.75, 3.05) is 19.6 Å². The van der Waals surface area contributed by atoms with Gasteiger partial charge in [0.25, 0.3) is 11.8 Å². The van der Waals surface area contributed by atoms with Gasteiger partial charge in [-0.2, -0.15) is 13.2 Å². The van der Waals surface area contributed by atoms with Gasteiger partial charge in [-0.15, -0.1) is 0 Å². The van der Waals surface area contributed by atoms with E-state index in [9.17, 15) is 27.6 Å². The Bertz CT molecular complexity index is 1400. The maximum atomic E-state index is 13.6. The first-order valence-corrected chi connectivity index (χ1v) is 14.3. The van der Waals surface area contributed by atoms with Crippen LogP contribution in [0.3, 0.4) is 0 Å². The molecule has 2 amide bonds. The second kappa shape index (κ2) is 13.3. The van der Waals surface area contributed by atoms with E-state index in [2.05, 4.69) is 10.6 Å². The summed E-state index contributed by atoms with van der Waals surface area (Å²) in [5.41, 5.74) is -0.407. The number of Topliss-reactive ketones (excluding diaryl/α,β-unsaturated/α-hetero) is 1. The van der Waals surface area contributed by atoms with Crippen LogP contribution in [-0.2, 0) is 17.5 Å². The smallest absolute Gasteiger partial charge is 0.339 e. The van der Waals surface area contributed by atoms with Gasteiger partial charge in [0.15, 0.2) is 5.78 Å². The molecule has 9 heteroatoms. The standard InChI is InChI=1S/C33H36F3N3O3/c1-3-17-39(18-4-2)31(42)25-15-10-14-24(19-25)30(41)38-32(20-28(32)23-11-6-5-7-12-23)29(40)22-37-21-26-13-8-9-16-27(26)33(34,35)36/h5-16,19,28,37H,3-4,17-18,20-22H2,1-2H3,(H,38,41). The summed E-state index contributed by atoms with van der Waals surface area (Å²) in [6.07, 6.45) is -2.52. The second-order valence-electron chi connectivity index (χ2n) is 10.6. The molecule has 1 fully saturated rings. The normalized spacial score (nSPS) is 17.9. The van der Waals surface area contributed by atoms with Crippen LogP contribution in [0.2, 0.25) is 0 Å². The molecule has 1 aliphatic rings. The molecule has 42 heavy (non-hydrogen) atoms. The molecule has 0 aliphatic heterocycles. The van der Waals surface area contributed by atoms with Crippen LogP contribution >= 0.6 is 0 Å². The SMILES string of the molecule is CCCN(CCC)C(=O)c1cccc(C(=O)NC2(C(=O)CNCc3ccccc3C(F)(F)F)CC2c2ccccc2)c1. The lowest BCUT2D eigenvalue weighted by molar-refractivity contribution is -0.138. The molecule has 2 atom stereocenters. The molecule has 0 saturated heterocycles. The number of nitrogens with one attached hydrogen (secondary N) is 2. The van der Waals surface area contributed by atoms with Crippen LogP contribution in [-0.4, -0.2) is 47.7 Å². The summed E-state index contributed by atoms with van der Waals surface area (Å²) in [6.45, 7) is 4.84. The fourth-order valence-electron chi connectivity index (χ4n) is 5.39. The number of carbonyl (C=O) groups is 3. The van der Waals surface area contributed by atoms with Crippen molar-refractivity contribution in [2.45, 2.75) is 57.3 Å². The zero-order valence-electron chi connectivity index (χ0n) is 23.8. The predicted molar refractivity (Wildman–Crippen MR) is 155 cm³/mol.